The summed E-state index contributed by atoms with van der Waals surface area (Å²) in [5, 5.41) is 2.70. The van der Waals surface area contributed by atoms with Crippen molar-refractivity contribution < 1.29 is 28.7 Å². The van der Waals surface area contributed by atoms with E-state index < -0.39 is 36.1 Å². The number of amides is 3. The molecule has 150 valence electrons. The fourth-order valence-electron chi connectivity index (χ4n) is 3.67. The number of ether oxygens (including phenoxy) is 2. The molecule has 1 N–H and O–H groups in total. The van der Waals surface area contributed by atoms with Gasteiger partial charge < -0.3 is 14.8 Å². The van der Waals surface area contributed by atoms with Gasteiger partial charge in [0.05, 0.1) is 6.61 Å². The molecule has 1 aromatic rings. The van der Waals surface area contributed by atoms with Crippen LogP contribution in [0.4, 0.5) is 4.79 Å². The topological polar surface area (TPSA) is 102 Å². The predicted octanol–water partition coefficient (Wildman–Crippen LogP) is 2.06. The zero-order chi connectivity index (χ0) is 20.3. The summed E-state index contributed by atoms with van der Waals surface area (Å²) in [7, 11) is 0. The minimum atomic E-state index is -1.04. The molecular weight excluding hydrogens is 364 g/mol. The van der Waals surface area contributed by atoms with E-state index in [-0.39, 0.29) is 5.78 Å². The molecule has 1 saturated carbocycles. The summed E-state index contributed by atoms with van der Waals surface area (Å²) in [6, 6.07) is 5.94. The number of hydrogen-bond acceptors (Lipinski definition) is 6. The van der Waals surface area contributed by atoms with Crippen LogP contribution >= 0.6 is 0 Å². The molecule has 1 unspecified atom stereocenters. The number of carbonyl (C=O) groups excluding carboxylic acids is 4. The van der Waals surface area contributed by atoms with Crippen molar-refractivity contribution in [1.82, 2.24) is 10.2 Å². The van der Waals surface area contributed by atoms with Crippen molar-refractivity contribution in [2.75, 3.05) is 13.2 Å². The maximum Gasteiger partial charge on any atom is 0.326 e. The van der Waals surface area contributed by atoms with Gasteiger partial charge in [-0.2, -0.15) is 0 Å². The lowest BCUT2D eigenvalue weighted by atomic mass is 9.98. The molecule has 1 atom stereocenters. The van der Waals surface area contributed by atoms with Crippen molar-refractivity contribution in [3.63, 3.8) is 0 Å². The van der Waals surface area contributed by atoms with Gasteiger partial charge in [-0.15, -0.1) is 0 Å². The third-order valence-corrected chi connectivity index (χ3v) is 5.12. The Hall–Kier alpha value is -2.90. The third kappa shape index (κ3) is 3.85. The van der Waals surface area contributed by atoms with E-state index in [9.17, 15) is 19.2 Å². The van der Waals surface area contributed by atoms with Gasteiger partial charge in [-0.05, 0) is 51.0 Å². The van der Waals surface area contributed by atoms with E-state index in [0.717, 1.165) is 17.7 Å². The molecular formula is C20H24N2O6. The standard InChI is InChI=1S/C20H24N2O6/c1-3-27-15-8-6-14(7-9-15)17(24)13(2)28-16(23)12-22-18(25)20(21-19(22)26)10-4-5-11-20/h6-9,13H,3-5,10-12H2,1-2H3,(H,21,26). The first-order chi connectivity index (χ1) is 13.4. The van der Waals surface area contributed by atoms with Gasteiger partial charge in [0.1, 0.15) is 17.8 Å². The Labute approximate surface area is 163 Å². The minimum Gasteiger partial charge on any atom is -0.494 e. The Morgan fingerprint density at radius 3 is 2.43 bits per heavy atom. The quantitative estimate of drug-likeness (QED) is 0.436. The van der Waals surface area contributed by atoms with Crippen molar-refractivity contribution in [2.45, 2.75) is 51.2 Å². The lowest BCUT2D eigenvalue weighted by Gasteiger charge is -2.20. The molecule has 8 heteroatoms. The number of Topliss-reactive ketones (excluding diaryl/α,β-unsaturated/α-hetero) is 1. The third-order valence-electron chi connectivity index (χ3n) is 5.12. The summed E-state index contributed by atoms with van der Waals surface area (Å²) in [6.45, 7) is 3.33. The van der Waals surface area contributed by atoms with E-state index in [4.69, 9.17) is 9.47 Å². The van der Waals surface area contributed by atoms with Crippen LogP contribution in [0.1, 0.15) is 49.9 Å². The normalized spacial score (nSPS) is 18.9. The van der Waals surface area contributed by atoms with Crippen LogP contribution in [-0.2, 0) is 14.3 Å². The number of benzene rings is 1. The van der Waals surface area contributed by atoms with E-state index in [1.54, 1.807) is 24.3 Å². The first kappa shape index (κ1) is 19.9. The fraction of sp³-hybridized carbons (Fsp3) is 0.500. The summed E-state index contributed by atoms with van der Waals surface area (Å²) in [5.74, 6) is -0.924. The molecule has 3 rings (SSSR count). The monoisotopic (exact) mass is 388 g/mol. The van der Waals surface area contributed by atoms with E-state index in [0.29, 0.717) is 30.8 Å². The van der Waals surface area contributed by atoms with Crippen molar-refractivity contribution in [3.8, 4) is 5.75 Å². The summed E-state index contributed by atoms with van der Waals surface area (Å²) >= 11 is 0. The molecule has 8 nitrogen and oxygen atoms in total. The highest BCUT2D eigenvalue weighted by atomic mass is 16.5. The second-order valence-corrected chi connectivity index (χ2v) is 7.06. The SMILES string of the molecule is CCOc1ccc(C(=O)C(C)OC(=O)CN2C(=O)NC3(CCCC3)C2=O)cc1. The second-order valence-electron chi connectivity index (χ2n) is 7.06. The first-order valence-corrected chi connectivity index (χ1v) is 9.47. The second kappa shape index (κ2) is 8.00. The van der Waals surface area contributed by atoms with Gasteiger partial charge in [0, 0.05) is 5.56 Å². The predicted molar refractivity (Wildman–Crippen MR) is 98.9 cm³/mol. The van der Waals surface area contributed by atoms with Crippen LogP contribution in [0.25, 0.3) is 0 Å². The van der Waals surface area contributed by atoms with Crippen LogP contribution in [-0.4, -0.2) is 53.4 Å². The summed E-state index contributed by atoms with van der Waals surface area (Å²) in [4.78, 5) is 50.2. The Balaban J connectivity index is 1.57. The zero-order valence-electron chi connectivity index (χ0n) is 16.0. The van der Waals surface area contributed by atoms with Gasteiger partial charge in [-0.25, -0.2) is 4.79 Å². The minimum absolute atomic E-state index is 0.374. The number of ketones is 1. The highest BCUT2D eigenvalue weighted by Crippen LogP contribution is 2.34. The van der Waals surface area contributed by atoms with Crippen molar-refractivity contribution in [3.05, 3.63) is 29.8 Å². The number of esters is 1. The molecule has 1 saturated heterocycles. The fourth-order valence-corrected chi connectivity index (χ4v) is 3.67. The van der Waals surface area contributed by atoms with Gasteiger partial charge in [-0.1, -0.05) is 12.8 Å². The Morgan fingerprint density at radius 1 is 1.18 bits per heavy atom. The van der Waals surface area contributed by atoms with Crippen molar-refractivity contribution in [2.24, 2.45) is 0 Å². The molecule has 2 aliphatic rings. The number of hydrogen-bond donors (Lipinski definition) is 1. The molecule has 1 aromatic carbocycles. The number of nitrogens with one attached hydrogen (secondary N) is 1. The van der Waals surface area contributed by atoms with Crippen LogP contribution in [0.2, 0.25) is 0 Å². The molecule has 1 aliphatic carbocycles. The van der Waals surface area contributed by atoms with Crippen LogP contribution in [0, 0.1) is 0 Å². The van der Waals surface area contributed by atoms with Gasteiger partial charge in [0.2, 0.25) is 5.78 Å². The molecule has 0 bridgehead atoms. The maximum atomic E-state index is 12.6. The lowest BCUT2D eigenvalue weighted by molar-refractivity contribution is -0.149. The highest BCUT2D eigenvalue weighted by Gasteiger charge is 2.52. The van der Waals surface area contributed by atoms with Gasteiger partial charge in [-0.3, -0.25) is 19.3 Å². The smallest absolute Gasteiger partial charge is 0.326 e. The average Bonchev–Trinajstić information content (AvgIpc) is 3.23. The van der Waals surface area contributed by atoms with E-state index >= 15 is 0 Å². The largest absolute Gasteiger partial charge is 0.494 e. The number of urea groups is 1. The molecule has 0 radical (unpaired) electrons. The van der Waals surface area contributed by atoms with Gasteiger partial charge in [0.25, 0.3) is 5.91 Å². The molecule has 3 amide bonds. The molecule has 1 spiro atoms. The highest BCUT2D eigenvalue weighted by molar-refractivity contribution is 6.09. The molecule has 2 fully saturated rings. The van der Waals surface area contributed by atoms with Crippen LogP contribution < -0.4 is 10.1 Å². The average molecular weight is 388 g/mol. The van der Waals surface area contributed by atoms with Crippen LogP contribution in [0.15, 0.2) is 24.3 Å². The number of nitrogens with zero attached hydrogens (tertiary/aromatic N) is 1. The van der Waals surface area contributed by atoms with Crippen LogP contribution in [0.5, 0.6) is 5.75 Å². The Bertz CT molecular complexity index is 782. The molecule has 1 heterocycles. The van der Waals surface area contributed by atoms with Gasteiger partial charge >= 0.3 is 12.0 Å². The maximum absolute atomic E-state index is 12.6. The molecule has 1 aliphatic heterocycles. The Morgan fingerprint density at radius 2 is 1.82 bits per heavy atom. The van der Waals surface area contributed by atoms with Crippen molar-refractivity contribution >= 4 is 23.7 Å². The number of carbonyl (C=O) groups is 4. The van der Waals surface area contributed by atoms with E-state index in [1.165, 1.54) is 6.92 Å². The number of imide groups is 1. The van der Waals surface area contributed by atoms with Gasteiger partial charge in [0.15, 0.2) is 6.10 Å². The summed E-state index contributed by atoms with van der Waals surface area (Å²) in [5.41, 5.74) is -0.496. The lowest BCUT2D eigenvalue weighted by Crippen LogP contribution is -2.44. The first-order valence-electron chi connectivity index (χ1n) is 9.47. The van der Waals surface area contributed by atoms with E-state index in [1.807, 2.05) is 6.92 Å². The summed E-state index contributed by atoms with van der Waals surface area (Å²) < 4.78 is 10.5. The zero-order valence-corrected chi connectivity index (χ0v) is 16.0. The van der Waals surface area contributed by atoms with E-state index in [2.05, 4.69) is 5.32 Å². The molecule has 28 heavy (non-hydrogen) atoms. The summed E-state index contributed by atoms with van der Waals surface area (Å²) in [6.07, 6.45) is 1.84. The Kier molecular flexibility index (Phi) is 5.67. The number of rotatable bonds is 7. The molecule has 0 aromatic heterocycles. The van der Waals surface area contributed by atoms with Crippen LogP contribution in [0.3, 0.4) is 0 Å². The van der Waals surface area contributed by atoms with Crippen molar-refractivity contribution in [1.29, 1.82) is 0 Å².